The molecule has 0 spiro atoms. The molecule has 2 unspecified atom stereocenters. The molecule has 0 saturated carbocycles. The van der Waals surface area contributed by atoms with E-state index in [2.05, 4.69) is 121 Å². The van der Waals surface area contributed by atoms with Gasteiger partial charge in [-0.05, 0) is 35.6 Å². The Morgan fingerprint density at radius 1 is 0.788 bits per heavy atom. The molecule has 0 radical (unpaired) electrons. The van der Waals surface area contributed by atoms with Crippen LogP contribution < -0.4 is 9.88 Å². The molecule has 0 amide bonds. The topological polar surface area (TPSA) is 20.8 Å². The Morgan fingerprint density at radius 3 is 2.00 bits per heavy atom. The van der Waals surface area contributed by atoms with Gasteiger partial charge >= 0.3 is 0 Å². The molecule has 170 valence electrons. The molecule has 0 bridgehead atoms. The van der Waals surface area contributed by atoms with Gasteiger partial charge in [0.1, 0.15) is 6.20 Å². The lowest BCUT2D eigenvalue weighted by Gasteiger charge is -2.24. The summed E-state index contributed by atoms with van der Waals surface area (Å²) in [4.78, 5) is 0. The number of para-hydroxylation sites is 1. The maximum atomic E-state index is 6.56. The quantitative estimate of drug-likeness (QED) is 0.230. The van der Waals surface area contributed by atoms with E-state index >= 15 is 0 Å². The Kier molecular flexibility index (Phi) is 6.90. The van der Waals surface area contributed by atoms with E-state index in [0.717, 1.165) is 11.3 Å². The number of nitrogens with one attached hydrogen (secondary N) is 1. The molecule has 33 heavy (non-hydrogen) atoms. The van der Waals surface area contributed by atoms with Gasteiger partial charge in [-0.25, -0.2) is 9.13 Å². The average Bonchev–Trinajstić information content (AvgIpc) is 3.12. The normalized spacial score (nSPS) is 13.2. The molecule has 1 aromatic heterocycles. The average molecular weight is 459 g/mol. The van der Waals surface area contributed by atoms with Crippen LogP contribution in [0.2, 0.25) is 0 Å². The van der Waals surface area contributed by atoms with E-state index in [1.165, 1.54) is 28.2 Å². The first-order valence-electron chi connectivity index (χ1n) is 11.6. The van der Waals surface area contributed by atoms with Gasteiger partial charge in [-0.2, -0.15) is 0 Å². The van der Waals surface area contributed by atoms with Crippen LogP contribution in [0.1, 0.15) is 60.6 Å². The van der Waals surface area contributed by atoms with Crippen LogP contribution in [0.4, 0.5) is 5.69 Å². The van der Waals surface area contributed by atoms with Crippen molar-refractivity contribution in [3.05, 3.63) is 108 Å². The Morgan fingerprint density at radius 2 is 1.36 bits per heavy atom. The Labute approximate surface area is 202 Å². The molecule has 0 fully saturated rings. The fraction of sp³-hybridized carbons (Fsp3) is 0.276. The van der Waals surface area contributed by atoms with Crippen molar-refractivity contribution in [2.75, 3.05) is 5.32 Å². The number of nitrogens with zero attached hydrogens (tertiary/aromatic N) is 2. The van der Waals surface area contributed by atoms with E-state index < -0.39 is 0 Å². The second-order valence-electron chi connectivity index (χ2n) is 8.97. The Balaban J connectivity index is 1.91. The molecule has 4 rings (SSSR count). The molecule has 3 aromatic carbocycles. The summed E-state index contributed by atoms with van der Waals surface area (Å²) in [5.41, 5.74) is 7.17. The van der Waals surface area contributed by atoms with Crippen LogP contribution in [0.15, 0.2) is 85.1 Å². The summed E-state index contributed by atoms with van der Waals surface area (Å²) in [6, 6.07) is 27.6. The fourth-order valence-electron chi connectivity index (χ4n) is 4.68. The van der Waals surface area contributed by atoms with Gasteiger partial charge in [0.2, 0.25) is 0 Å². The molecule has 0 aliphatic rings. The molecule has 4 aromatic rings. The van der Waals surface area contributed by atoms with Crippen LogP contribution in [0.25, 0.3) is 11.3 Å². The number of aromatic nitrogens is 2. The van der Waals surface area contributed by atoms with E-state index in [4.69, 9.17) is 11.6 Å². The summed E-state index contributed by atoms with van der Waals surface area (Å²) in [7, 11) is 4.28. The molecular weight excluding hydrogens is 426 g/mol. The van der Waals surface area contributed by atoms with Crippen molar-refractivity contribution in [1.82, 2.24) is 4.57 Å². The van der Waals surface area contributed by atoms with Gasteiger partial charge in [0, 0.05) is 11.3 Å². The number of rotatable bonds is 7. The van der Waals surface area contributed by atoms with Crippen LogP contribution in [0.3, 0.4) is 0 Å². The van der Waals surface area contributed by atoms with Gasteiger partial charge in [-0.15, -0.1) is 11.6 Å². The standard InChI is InChI=1S/C29H33ClN3/c1-20(2)23-15-9-10-17-25(23)28(31-26-18-12-11-16-24(26)21(3)30)29-32(4)19-27(33(29)5)22-13-7-6-8-14-22/h6-21,28,31H,1-5H3/q+1. The number of anilines is 1. The summed E-state index contributed by atoms with van der Waals surface area (Å²) in [6.45, 7) is 6.53. The van der Waals surface area contributed by atoms with E-state index in [9.17, 15) is 0 Å². The van der Waals surface area contributed by atoms with Crippen molar-refractivity contribution in [3.8, 4) is 11.3 Å². The second-order valence-corrected chi connectivity index (χ2v) is 9.63. The highest BCUT2D eigenvalue weighted by atomic mass is 35.5. The molecule has 3 nitrogen and oxygen atoms in total. The Hall–Kier alpha value is -3.04. The number of alkyl halides is 1. The lowest BCUT2D eigenvalue weighted by atomic mass is 9.91. The van der Waals surface area contributed by atoms with Gasteiger partial charge in [-0.3, -0.25) is 0 Å². The fourth-order valence-corrected chi connectivity index (χ4v) is 4.87. The Bertz CT molecular complexity index is 1220. The number of halogens is 1. The minimum atomic E-state index is -0.0864. The van der Waals surface area contributed by atoms with E-state index in [1.807, 2.05) is 13.0 Å². The van der Waals surface area contributed by atoms with Gasteiger partial charge in [0.15, 0.2) is 11.7 Å². The monoisotopic (exact) mass is 458 g/mol. The summed E-state index contributed by atoms with van der Waals surface area (Å²) in [5, 5.41) is 3.79. The predicted molar refractivity (Wildman–Crippen MR) is 139 cm³/mol. The molecule has 1 N–H and O–H groups in total. The first-order chi connectivity index (χ1) is 15.9. The van der Waals surface area contributed by atoms with Gasteiger partial charge < -0.3 is 5.32 Å². The van der Waals surface area contributed by atoms with Gasteiger partial charge in [-0.1, -0.05) is 86.6 Å². The highest BCUT2D eigenvalue weighted by molar-refractivity contribution is 6.21. The van der Waals surface area contributed by atoms with E-state index in [0.29, 0.717) is 5.92 Å². The second kappa shape index (κ2) is 9.84. The molecule has 1 heterocycles. The first kappa shape index (κ1) is 23.1. The van der Waals surface area contributed by atoms with Crippen LogP contribution in [-0.2, 0) is 14.1 Å². The third-order valence-corrected chi connectivity index (χ3v) is 6.56. The van der Waals surface area contributed by atoms with Crippen LogP contribution in [-0.4, -0.2) is 4.57 Å². The number of benzene rings is 3. The minimum Gasteiger partial charge on any atom is -0.368 e. The van der Waals surface area contributed by atoms with Crippen molar-refractivity contribution in [1.29, 1.82) is 0 Å². The molecule has 2 atom stereocenters. The third kappa shape index (κ3) is 4.69. The van der Waals surface area contributed by atoms with E-state index in [1.54, 1.807) is 0 Å². The zero-order valence-corrected chi connectivity index (χ0v) is 20.8. The number of hydrogen-bond donors (Lipinski definition) is 1. The maximum absolute atomic E-state index is 6.56. The van der Waals surface area contributed by atoms with Crippen LogP contribution >= 0.6 is 11.6 Å². The molecule has 0 saturated heterocycles. The van der Waals surface area contributed by atoms with Crippen molar-refractivity contribution in [2.24, 2.45) is 14.1 Å². The number of hydrogen-bond acceptors (Lipinski definition) is 1. The van der Waals surface area contributed by atoms with Crippen molar-refractivity contribution >= 4 is 17.3 Å². The zero-order valence-electron chi connectivity index (χ0n) is 20.1. The molecule has 4 heteroatoms. The number of imidazole rings is 1. The minimum absolute atomic E-state index is 0.0485. The molecule has 0 aliphatic heterocycles. The molecular formula is C29H33ClN3+. The van der Waals surface area contributed by atoms with Crippen LogP contribution in [0.5, 0.6) is 0 Å². The maximum Gasteiger partial charge on any atom is 0.284 e. The summed E-state index contributed by atoms with van der Waals surface area (Å²) >= 11 is 6.56. The summed E-state index contributed by atoms with van der Waals surface area (Å²) in [6.07, 6.45) is 2.22. The van der Waals surface area contributed by atoms with Gasteiger partial charge in [0.25, 0.3) is 5.82 Å². The SMILES string of the molecule is CC(C)c1ccccc1C(Nc1ccccc1C(C)Cl)c1n(C)c(-c2ccccc2)c[n+]1C. The zero-order chi connectivity index (χ0) is 23.5. The van der Waals surface area contributed by atoms with Crippen LogP contribution in [0, 0.1) is 0 Å². The molecule has 0 aliphatic carbocycles. The highest BCUT2D eigenvalue weighted by Gasteiger charge is 2.32. The van der Waals surface area contributed by atoms with Crippen molar-refractivity contribution in [2.45, 2.75) is 38.1 Å². The largest absolute Gasteiger partial charge is 0.368 e. The lowest BCUT2D eigenvalue weighted by Crippen LogP contribution is -2.37. The summed E-state index contributed by atoms with van der Waals surface area (Å²) in [5.74, 6) is 1.59. The van der Waals surface area contributed by atoms with Crippen molar-refractivity contribution in [3.63, 3.8) is 0 Å². The van der Waals surface area contributed by atoms with Gasteiger partial charge in [0.05, 0.1) is 19.5 Å². The number of aryl methyl sites for hydroxylation is 1. The highest BCUT2D eigenvalue weighted by Crippen LogP contribution is 2.35. The summed E-state index contributed by atoms with van der Waals surface area (Å²) < 4.78 is 4.54. The van der Waals surface area contributed by atoms with Crippen molar-refractivity contribution < 1.29 is 4.57 Å². The third-order valence-electron chi connectivity index (χ3n) is 6.33. The predicted octanol–water partition coefficient (Wildman–Crippen LogP) is 7.14. The smallest absolute Gasteiger partial charge is 0.284 e. The van der Waals surface area contributed by atoms with E-state index in [-0.39, 0.29) is 11.4 Å². The first-order valence-corrected chi connectivity index (χ1v) is 12.0. The lowest BCUT2D eigenvalue weighted by molar-refractivity contribution is -0.679.